The second-order valence-electron chi connectivity index (χ2n) is 4.08. The Morgan fingerprint density at radius 3 is 2.65 bits per heavy atom. The SMILES string of the molecule is CCCNC(=O)C(C)NS(=O)(=O)c1cnc(Cl)c(Cl)c1. The minimum Gasteiger partial charge on any atom is -0.355 e. The van der Waals surface area contributed by atoms with Crippen LogP contribution in [0.2, 0.25) is 10.2 Å². The van der Waals surface area contributed by atoms with Crippen molar-refractivity contribution in [2.24, 2.45) is 0 Å². The van der Waals surface area contributed by atoms with Crippen LogP contribution < -0.4 is 10.0 Å². The van der Waals surface area contributed by atoms with E-state index in [-0.39, 0.29) is 15.1 Å². The van der Waals surface area contributed by atoms with Crippen molar-refractivity contribution < 1.29 is 13.2 Å². The highest BCUT2D eigenvalue weighted by atomic mass is 35.5. The average Bonchev–Trinajstić information content (AvgIpc) is 2.38. The summed E-state index contributed by atoms with van der Waals surface area (Å²) in [6.07, 6.45) is 1.84. The van der Waals surface area contributed by atoms with Gasteiger partial charge in [-0.05, 0) is 19.4 Å². The molecule has 0 radical (unpaired) electrons. The highest BCUT2D eigenvalue weighted by Crippen LogP contribution is 2.22. The number of aromatic nitrogens is 1. The molecule has 0 fully saturated rings. The number of pyridine rings is 1. The second kappa shape index (κ2) is 7.21. The Kier molecular flexibility index (Phi) is 6.19. The van der Waals surface area contributed by atoms with E-state index in [1.165, 1.54) is 13.0 Å². The Hall–Kier alpha value is -0.890. The van der Waals surface area contributed by atoms with Gasteiger partial charge in [0.15, 0.2) is 0 Å². The van der Waals surface area contributed by atoms with Gasteiger partial charge in [-0.3, -0.25) is 4.79 Å². The van der Waals surface area contributed by atoms with Gasteiger partial charge in [0.1, 0.15) is 10.0 Å². The maximum Gasteiger partial charge on any atom is 0.242 e. The molecule has 0 aliphatic rings. The molecule has 112 valence electrons. The van der Waals surface area contributed by atoms with Gasteiger partial charge in [-0.1, -0.05) is 30.1 Å². The monoisotopic (exact) mass is 339 g/mol. The summed E-state index contributed by atoms with van der Waals surface area (Å²) in [6.45, 7) is 3.84. The normalized spacial score (nSPS) is 13.0. The van der Waals surface area contributed by atoms with E-state index in [2.05, 4.69) is 15.0 Å². The van der Waals surface area contributed by atoms with Gasteiger partial charge in [0.05, 0.1) is 11.1 Å². The average molecular weight is 340 g/mol. The van der Waals surface area contributed by atoms with E-state index in [1.807, 2.05) is 6.92 Å². The summed E-state index contributed by atoms with van der Waals surface area (Å²) < 4.78 is 26.3. The third kappa shape index (κ3) is 4.59. The minimum absolute atomic E-state index is 0.0133. The number of carbonyl (C=O) groups excluding carboxylic acids is 1. The summed E-state index contributed by atoms with van der Waals surface area (Å²) >= 11 is 11.3. The van der Waals surface area contributed by atoms with Crippen molar-refractivity contribution in [1.29, 1.82) is 0 Å². The molecule has 0 aliphatic heterocycles. The molecule has 1 amide bonds. The van der Waals surface area contributed by atoms with Gasteiger partial charge in [0.25, 0.3) is 0 Å². The van der Waals surface area contributed by atoms with Crippen LogP contribution in [0.15, 0.2) is 17.2 Å². The van der Waals surface area contributed by atoms with Crippen LogP contribution >= 0.6 is 23.2 Å². The first-order chi connectivity index (χ1) is 9.27. The molecular formula is C11H15Cl2N3O3S. The van der Waals surface area contributed by atoms with Crippen LogP contribution in [0.1, 0.15) is 20.3 Å². The molecule has 6 nitrogen and oxygen atoms in total. The molecule has 20 heavy (non-hydrogen) atoms. The van der Waals surface area contributed by atoms with E-state index in [1.54, 1.807) is 0 Å². The topological polar surface area (TPSA) is 88.2 Å². The van der Waals surface area contributed by atoms with E-state index in [0.717, 1.165) is 12.6 Å². The second-order valence-corrected chi connectivity index (χ2v) is 6.56. The van der Waals surface area contributed by atoms with E-state index >= 15 is 0 Å². The first-order valence-corrected chi connectivity index (χ1v) is 8.13. The van der Waals surface area contributed by atoms with Crippen LogP contribution in [0, 0.1) is 0 Å². The molecule has 0 spiro atoms. The molecule has 1 aromatic rings. The molecule has 0 aliphatic carbocycles. The molecule has 0 saturated heterocycles. The highest BCUT2D eigenvalue weighted by Gasteiger charge is 2.22. The Morgan fingerprint density at radius 2 is 2.10 bits per heavy atom. The molecule has 1 unspecified atom stereocenters. The third-order valence-electron chi connectivity index (χ3n) is 2.36. The number of nitrogens with one attached hydrogen (secondary N) is 2. The van der Waals surface area contributed by atoms with E-state index < -0.39 is 22.0 Å². The number of halogens is 2. The summed E-state index contributed by atoms with van der Waals surface area (Å²) in [4.78, 5) is 15.1. The van der Waals surface area contributed by atoms with Gasteiger partial charge in [-0.15, -0.1) is 0 Å². The van der Waals surface area contributed by atoms with Crippen molar-refractivity contribution in [3.63, 3.8) is 0 Å². The van der Waals surface area contributed by atoms with Gasteiger partial charge < -0.3 is 5.32 Å². The third-order valence-corrected chi connectivity index (χ3v) is 4.55. The summed E-state index contributed by atoms with van der Waals surface area (Å²) in [5, 5.41) is 2.64. The Balaban J connectivity index is 2.84. The zero-order valence-corrected chi connectivity index (χ0v) is 13.3. The zero-order chi connectivity index (χ0) is 15.3. The highest BCUT2D eigenvalue weighted by molar-refractivity contribution is 7.89. The van der Waals surface area contributed by atoms with Crippen molar-refractivity contribution in [1.82, 2.24) is 15.0 Å². The number of sulfonamides is 1. The number of rotatable bonds is 6. The predicted octanol–water partition coefficient (Wildman–Crippen LogP) is 1.58. The van der Waals surface area contributed by atoms with Crippen LogP contribution in [0.3, 0.4) is 0 Å². The number of hydrogen-bond donors (Lipinski definition) is 2. The van der Waals surface area contributed by atoms with Crippen LogP contribution in [-0.2, 0) is 14.8 Å². The van der Waals surface area contributed by atoms with Crippen LogP contribution in [-0.4, -0.2) is 31.9 Å². The fourth-order valence-corrected chi connectivity index (χ4v) is 2.81. The van der Waals surface area contributed by atoms with Crippen molar-refractivity contribution in [3.8, 4) is 0 Å². The maximum absolute atomic E-state index is 12.1. The fraction of sp³-hybridized carbons (Fsp3) is 0.455. The standard InChI is InChI=1S/C11H15Cl2N3O3S/c1-3-4-14-11(17)7(2)16-20(18,19)8-5-9(12)10(13)15-6-8/h5-7,16H,3-4H2,1-2H3,(H,14,17). The lowest BCUT2D eigenvalue weighted by molar-refractivity contribution is -0.122. The molecule has 2 N–H and O–H groups in total. The molecule has 0 aromatic carbocycles. The fourth-order valence-electron chi connectivity index (χ4n) is 1.31. The molecule has 1 rings (SSSR count). The molecule has 0 bridgehead atoms. The molecule has 9 heteroatoms. The van der Waals surface area contributed by atoms with Gasteiger partial charge >= 0.3 is 0 Å². The van der Waals surface area contributed by atoms with Crippen LogP contribution in [0.4, 0.5) is 0 Å². The summed E-state index contributed by atoms with van der Waals surface area (Å²) in [6, 6.07) is 0.275. The largest absolute Gasteiger partial charge is 0.355 e. The summed E-state index contributed by atoms with van der Waals surface area (Å²) in [5.41, 5.74) is 0. The molecule has 1 aromatic heterocycles. The van der Waals surface area contributed by atoms with Gasteiger partial charge in [0.2, 0.25) is 15.9 Å². The van der Waals surface area contributed by atoms with E-state index in [9.17, 15) is 13.2 Å². The predicted molar refractivity (Wildman–Crippen MR) is 77.3 cm³/mol. The smallest absolute Gasteiger partial charge is 0.242 e. The summed E-state index contributed by atoms with van der Waals surface area (Å²) in [5.74, 6) is -0.400. The lowest BCUT2D eigenvalue weighted by atomic mass is 10.3. The quantitative estimate of drug-likeness (QED) is 0.770. The lowest BCUT2D eigenvalue weighted by Gasteiger charge is -2.14. The first kappa shape index (κ1) is 17.2. The number of nitrogens with zero attached hydrogens (tertiary/aromatic N) is 1. The van der Waals surface area contributed by atoms with E-state index in [0.29, 0.717) is 6.54 Å². The molecule has 1 heterocycles. The zero-order valence-electron chi connectivity index (χ0n) is 11.0. The molecular weight excluding hydrogens is 325 g/mol. The number of hydrogen-bond acceptors (Lipinski definition) is 4. The van der Waals surface area contributed by atoms with Gasteiger partial charge in [0, 0.05) is 12.7 Å². The maximum atomic E-state index is 12.1. The number of carbonyl (C=O) groups is 1. The number of amides is 1. The van der Waals surface area contributed by atoms with Crippen molar-refractivity contribution >= 4 is 39.1 Å². The van der Waals surface area contributed by atoms with E-state index in [4.69, 9.17) is 23.2 Å². The van der Waals surface area contributed by atoms with Crippen LogP contribution in [0.25, 0.3) is 0 Å². The first-order valence-electron chi connectivity index (χ1n) is 5.89. The lowest BCUT2D eigenvalue weighted by Crippen LogP contribution is -2.44. The Bertz CT molecular complexity index is 593. The Labute approximate surface area is 127 Å². The summed E-state index contributed by atoms with van der Waals surface area (Å²) in [7, 11) is -3.89. The van der Waals surface area contributed by atoms with Gasteiger partial charge in [-0.25, -0.2) is 13.4 Å². The van der Waals surface area contributed by atoms with Gasteiger partial charge in [-0.2, -0.15) is 4.72 Å². The van der Waals surface area contributed by atoms with Crippen molar-refractivity contribution in [2.75, 3.05) is 6.54 Å². The van der Waals surface area contributed by atoms with Crippen molar-refractivity contribution in [3.05, 3.63) is 22.4 Å². The molecule has 1 atom stereocenters. The minimum atomic E-state index is -3.89. The Morgan fingerprint density at radius 1 is 1.45 bits per heavy atom. The molecule has 0 saturated carbocycles. The van der Waals surface area contributed by atoms with Crippen LogP contribution in [0.5, 0.6) is 0 Å². The van der Waals surface area contributed by atoms with Crippen molar-refractivity contribution in [2.45, 2.75) is 31.2 Å².